The van der Waals surface area contributed by atoms with E-state index in [0.29, 0.717) is 12.0 Å². The van der Waals surface area contributed by atoms with Crippen LogP contribution in [0.15, 0.2) is 43.0 Å². The predicted molar refractivity (Wildman–Crippen MR) is 84.8 cm³/mol. The summed E-state index contributed by atoms with van der Waals surface area (Å²) in [6.45, 7) is 5.73. The molecule has 0 aromatic heterocycles. The molecule has 2 rings (SSSR count). The van der Waals surface area contributed by atoms with Gasteiger partial charge in [0.25, 0.3) is 0 Å². The first-order valence-corrected chi connectivity index (χ1v) is 7.04. The molecule has 0 saturated heterocycles. The maximum Gasteiger partial charge on any atom is 0.165 e. The fourth-order valence-corrected chi connectivity index (χ4v) is 2.40. The van der Waals surface area contributed by atoms with Crippen molar-refractivity contribution in [3.63, 3.8) is 0 Å². The molecule has 0 bridgehead atoms. The molecule has 21 heavy (non-hydrogen) atoms. The van der Waals surface area contributed by atoms with E-state index in [1.807, 2.05) is 6.07 Å². The van der Waals surface area contributed by atoms with Crippen molar-refractivity contribution in [1.82, 2.24) is 0 Å². The molecule has 0 atom stereocenters. The van der Waals surface area contributed by atoms with Crippen LogP contribution >= 0.6 is 0 Å². The minimum absolute atomic E-state index is 0.116. The van der Waals surface area contributed by atoms with Crippen molar-refractivity contribution in [2.45, 2.75) is 26.2 Å². The molecule has 0 saturated carbocycles. The molecule has 0 fully saturated rings. The van der Waals surface area contributed by atoms with Gasteiger partial charge in [0.2, 0.25) is 0 Å². The average molecular weight is 284 g/mol. The summed E-state index contributed by atoms with van der Waals surface area (Å²) in [6, 6.07) is 8.60. The summed E-state index contributed by atoms with van der Waals surface area (Å²) >= 11 is 0. The summed E-state index contributed by atoms with van der Waals surface area (Å²) in [5.41, 5.74) is 3.04. The van der Waals surface area contributed by atoms with Crippen LogP contribution in [-0.2, 0) is 12.8 Å². The molecule has 0 aliphatic carbocycles. The van der Waals surface area contributed by atoms with E-state index in [1.54, 1.807) is 30.3 Å². The fourth-order valence-electron chi connectivity index (χ4n) is 2.40. The molecule has 0 amide bonds. The van der Waals surface area contributed by atoms with Crippen LogP contribution in [0.1, 0.15) is 24.5 Å². The lowest BCUT2D eigenvalue weighted by molar-refractivity contribution is 0.404. The highest BCUT2D eigenvalue weighted by atomic mass is 16.3. The Kier molecular flexibility index (Phi) is 4.53. The molecule has 3 nitrogen and oxygen atoms in total. The first kappa shape index (κ1) is 15.0. The molecule has 3 N–H and O–H groups in total. The molecular weight excluding hydrogens is 264 g/mol. The molecule has 110 valence electrons. The average Bonchev–Trinajstić information content (AvgIpc) is 2.46. The van der Waals surface area contributed by atoms with E-state index >= 15 is 0 Å². The summed E-state index contributed by atoms with van der Waals surface area (Å²) < 4.78 is 0. The first-order chi connectivity index (χ1) is 10.1. The zero-order valence-corrected chi connectivity index (χ0v) is 12.1. The van der Waals surface area contributed by atoms with Crippen molar-refractivity contribution >= 4 is 0 Å². The van der Waals surface area contributed by atoms with Gasteiger partial charge >= 0.3 is 0 Å². The zero-order chi connectivity index (χ0) is 15.4. The summed E-state index contributed by atoms with van der Waals surface area (Å²) in [6.07, 6.45) is 4.05. The van der Waals surface area contributed by atoms with Crippen molar-refractivity contribution in [2.24, 2.45) is 0 Å². The maximum atomic E-state index is 10.1. The Morgan fingerprint density at radius 2 is 1.81 bits per heavy atom. The van der Waals surface area contributed by atoms with Crippen LogP contribution < -0.4 is 0 Å². The van der Waals surface area contributed by atoms with Gasteiger partial charge in [0.1, 0.15) is 5.75 Å². The number of aromatic hydroxyl groups is 3. The Hall–Kier alpha value is -2.42. The Morgan fingerprint density at radius 3 is 2.48 bits per heavy atom. The second-order valence-corrected chi connectivity index (χ2v) is 5.10. The van der Waals surface area contributed by atoms with Crippen LogP contribution in [0.2, 0.25) is 0 Å². The largest absolute Gasteiger partial charge is 0.508 e. The minimum atomic E-state index is -0.134. The van der Waals surface area contributed by atoms with Crippen molar-refractivity contribution in [3.05, 3.63) is 54.1 Å². The van der Waals surface area contributed by atoms with E-state index in [2.05, 4.69) is 13.5 Å². The maximum absolute atomic E-state index is 10.1. The van der Waals surface area contributed by atoms with E-state index in [0.717, 1.165) is 29.5 Å². The highest BCUT2D eigenvalue weighted by Gasteiger charge is 2.12. The molecule has 3 heteroatoms. The molecular formula is C18H20O3. The highest BCUT2D eigenvalue weighted by molar-refractivity contribution is 5.75. The summed E-state index contributed by atoms with van der Waals surface area (Å²) in [5.74, 6) is -0.0496. The summed E-state index contributed by atoms with van der Waals surface area (Å²) in [5, 5.41) is 29.8. The molecule has 0 unspecified atom stereocenters. The van der Waals surface area contributed by atoms with Crippen molar-refractivity contribution in [3.8, 4) is 28.4 Å². The zero-order valence-electron chi connectivity index (χ0n) is 12.1. The molecule has 0 aliphatic heterocycles. The number of hydrogen-bond donors (Lipinski definition) is 3. The van der Waals surface area contributed by atoms with Crippen LogP contribution in [0.25, 0.3) is 11.1 Å². The van der Waals surface area contributed by atoms with E-state index < -0.39 is 0 Å². The van der Waals surface area contributed by atoms with Crippen LogP contribution in [-0.4, -0.2) is 15.3 Å². The normalized spacial score (nSPS) is 10.5. The number of hydrogen-bond acceptors (Lipinski definition) is 3. The molecule has 0 spiro atoms. The topological polar surface area (TPSA) is 60.7 Å². The summed E-state index contributed by atoms with van der Waals surface area (Å²) in [7, 11) is 0. The van der Waals surface area contributed by atoms with Crippen LogP contribution in [0.4, 0.5) is 0 Å². The molecule has 2 aromatic carbocycles. The quantitative estimate of drug-likeness (QED) is 0.571. The number of phenols is 3. The van der Waals surface area contributed by atoms with Gasteiger partial charge in [-0.25, -0.2) is 0 Å². The number of rotatable bonds is 5. The second kappa shape index (κ2) is 6.35. The third-order valence-electron chi connectivity index (χ3n) is 3.44. The van der Waals surface area contributed by atoms with Crippen LogP contribution in [0.5, 0.6) is 17.2 Å². The van der Waals surface area contributed by atoms with Crippen molar-refractivity contribution < 1.29 is 15.3 Å². The van der Waals surface area contributed by atoms with Gasteiger partial charge in [-0.1, -0.05) is 25.5 Å². The van der Waals surface area contributed by atoms with Crippen LogP contribution in [0.3, 0.4) is 0 Å². The third-order valence-corrected chi connectivity index (χ3v) is 3.44. The second-order valence-electron chi connectivity index (χ2n) is 5.10. The van der Waals surface area contributed by atoms with Gasteiger partial charge < -0.3 is 15.3 Å². The number of phenolic OH excluding ortho intramolecular Hbond substituents is 3. The number of aryl methyl sites for hydroxylation is 1. The van der Waals surface area contributed by atoms with E-state index in [1.165, 1.54) is 0 Å². The third kappa shape index (κ3) is 3.19. The molecule has 0 radical (unpaired) electrons. The smallest absolute Gasteiger partial charge is 0.165 e. The van der Waals surface area contributed by atoms with Gasteiger partial charge in [-0.15, -0.1) is 6.58 Å². The monoisotopic (exact) mass is 284 g/mol. The van der Waals surface area contributed by atoms with Gasteiger partial charge in [-0.3, -0.25) is 0 Å². The SMILES string of the molecule is C=CCc1cc(-c2cc(CCC)cc(O)c2O)ccc1O. The van der Waals surface area contributed by atoms with Crippen molar-refractivity contribution in [2.75, 3.05) is 0 Å². The van der Waals surface area contributed by atoms with E-state index in [9.17, 15) is 15.3 Å². The molecule has 0 aliphatic rings. The Bertz CT molecular complexity index is 660. The van der Waals surface area contributed by atoms with Gasteiger partial charge in [0.05, 0.1) is 0 Å². The predicted octanol–water partition coefficient (Wildman–Crippen LogP) is 4.15. The van der Waals surface area contributed by atoms with Gasteiger partial charge in [0.15, 0.2) is 11.5 Å². The van der Waals surface area contributed by atoms with Gasteiger partial charge in [0, 0.05) is 5.56 Å². The summed E-state index contributed by atoms with van der Waals surface area (Å²) in [4.78, 5) is 0. The molecule has 2 aromatic rings. The lowest BCUT2D eigenvalue weighted by Crippen LogP contribution is -1.89. The van der Waals surface area contributed by atoms with Crippen LogP contribution in [0, 0.1) is 0 Å². The van der Waals surface area contributed by atoms with Crippen molar-refractivity contribution in [1.29, 1.82) is 0 Å². The highest BCUT2D eigenvalue weighted by Crippen LogP contribution is 2.39. The number of benzene rings is 2. The minimum Gasteiger partial charge on any atom is -0.508 e. The van der Waals surface area contributed by atoms with Gasteiger partial charge in [-0.05, 0) is 53.8 Å². The fraction of sp³-hybridized carbons (Fsp3) is 0.222. The van der Waals surface area contributed by atoms with E-state index in [4.69, 9.17) is 0 Å². The Morgan fingerprint density at radius 1 is 1.05 bits per heavy atom. The number of allylic oxidation sites excluding steroid dienone is 1. The lowest BCUT2D eigenvalue weighted by Gasteiger charge is -2.11. The first-order valence-electron chi connectivity index (χ1n) is 7.04. The standard InChI is InChI=1S/C18H20O3/c1-3-5-12-9-15(18(21)17(20)10-12)13-7-8-16(19)14(11-13)6-4-2/h4,7-11,19-21H,2-3,5-6H2,1H3. The van der Waals surface area contributed by atoms with E-state index in [-0.39, 0.29) is 17.2 Å². The lowest BCUT2D eigenvalue weighted by atomic mass is 9.97. The van der Waals surface area contributed by atoms with Gasteiger partial charge in [-0.2, -0.15) is 0 Å². The molecule has 0 heterocycles. The Balaban J connectivity index is 2.55. The Labute approximate surface area is 124 Å².